The monoisotopic (exact) mass is 429 g/mol. The van der Waals surface area contributed by atoms with Crippen molar-refractivity contribution in [3.63, 3.8) is 0 Å². The number of nitrogens with one attached hydrogen (secondary N) is 2. The number of benzene rings is 1. The number of hydrazone groups is 1. The average molecular weight is 430 g/mol. The van der Waals surface area contributed by atoms with Crippen LogP contribution in [0.2, 0.25) is 0 Å². The van der Waals surface area contributed by atoms with Gasteiger partial charge in [0.05, 0.1) is 32.0 Å². The number of fused-ring (bicyclic) bond motifs is 3. The van der Waals surface area contributed by atoms with Crippen LogP contribution < -0.4 is 20.2 Å². The lowest BCUT2D eigenvalue weighted by Crippen LogP contribution is -2.69. The molecule has 3 aliphatic rings. The molecule has 2 heterocycles. The Morgan fingerprint density at radius 3 is 2.71 bits per heavy atom. The number of nitrogens with zero attached hydrogens (tertiary/aromatic N) is 3. The predicted octanol–water partition coefficient (Wildman–Crippen LogP) is 2.14. The maximum atomic E-state index is 13.3. The molecule has 1 saturated heterocycles. The number of hydrogen-bond acceptors (Lipinski definition) is 7. The summed E-state index contributed by atoms with van der Waals surface area (Å²) in [6.45, 7) is 2.11. The van der Waals surface area contributed by atoms with Gasteiger partial charge in [-0.15, -0.1) is 0 Å². The van der Waals surface area contributed by atoms with E-state index in [1.54, 1.807) is 37.3 Å². The van der Waals surface area contributed by atoms with E-state index in [0.29, 0.717) is 17.2 Å². The zero-order valence-electron chi connectivity index (χ0n) is 18.4. The van der Waals surface area contributed by atoms with Crippen molar-refractivity contribution in [3.8, 4) is 11.5 Å². The van der Waals surface area contributed by atoms with Crippen LogP contribution in [0.5, 0.6) is 11.5 Å². The van der Waals surface area contributed by atoms with Crippen LogP contribution >= 0.6 is 0 Å². The molecule has 168 valence electrons. The topological polar surface area (TPSA) is 95.5 Å². The van der Waals surface area contributed by atoms with Crippen LogP contribution in [0.15, 0.2) is 23.3 Å². The van der Waals surface area contributed by atoms with E-state index >= 15 is 0 Å². The van der Waals surface area contributed by atoms with Gasteiger partial charge in [0.15, 0.2) is 6.17 Å². The Morgan fingerprint density at radius 2 is 2.00 bits per heavy atom. The third kappa shape index (κ3) is 4.00. The highest BCUT2D eigenvalue weighted by atomic mass is 16.5. The van der Waals surface area contributed by atoms with Crippen molar-refractivity contribution < 1.29 is 19.1 Å². The summed E-state index contributed by atoms with van der Waals surface area (Å²) in [5, 5.41) is 7.34. The fraction of sp³-hybridized carbons (Fsp3) is 0.591. The van der Waals surface area contributed by atoms with Crippen molar-refractivity contribution in [2.75, 3.05) is 26.1 Å². The molecule has 2 fully saturated rings. The molecule has 2 amide bonds. The standard InChI is InChI=1S/C22H31N5O4/c1-4-7-19-24-25-21-22(29)26(16-8-5-6-9-17(16)27(19)21)13-20(28)23-15-12-14(30-2)10-11-18(15)31-3/h10-12,16-17,21,25H,4-9,13H2,1-3H3,(H,23,28). The van der Waals surface area contributed by atoms with Gasteiger partial charge in [0.2, 0.25) is 5.91 Å². The number of amidine groups is 1. The van der Waals surface area contributed by atoms with Crippen LogP contribution in [0.25, 0.3) is 0 Å². The summed E-state index contributed by atoms with van der Waals surface area (Å²) in [6, 6.07) is 5.42. The van der Waals surface area contributed by atoms with E-state index in [0.717, 1.165) is 44.4 Å². The normalized spacial score (nSPS) is 24.7. The minimum Gasteiger partial charge on any atom is -0.497 e. The van der Waals surface area contributed by atoms with Crippen LogP contribution in [-0.2, 0) is 9.59 Å². The summed E-state index contributed by atoms with van der Waals surface area (Å²) >= 11 is 0. The maximum Gasteiger partial charge on any atom is 0.268 e. The van der Waals surface area contributed by atoms with Crippen LogP contribution in [0.1, 0.15) is 45.4 Å². The van der Waals surface area contributed by atoms with Gasteiger partial charge in [0, 0.05) is 12.5 Å². The molecule has 1 aliphatic carbocycles. The third-order valence-electron chi connectivity index (χ3n) is 6.33. The van der Waals surface area contributed by atoms with Gasteiger partial charge in [-0.2, -0.15) is 5.10 Å². The predicted molar refractivity (Wildman–Crippen MR) is 117 cm³/mol. The van der Waals surface area contributed by atoms with Gasteiger partial charge in [0.25, 0.3) is 5.91 Å². The number of anilines is 1. The molecule has 2 N–H and O–H groups in total. The number of amides is 2. The lowest BCUT2D eigenvalue weighted by atomic mass is 9.85. The zero-order valence-corrected chi connectivity index (χ0v) is 18.4. The Kier molecular flexibility index (Phi) is 6.20. The highest BCUT2D eigenvalue weighted by molar-refractivity contribution is 5.98. The summed E-state index contributed by atoms with van der Waals surface area (Å²) in [5.41, 5.74) is 3.54. The van der Waals surface area contributed by atoms with E-state index in [-0.39, 0.29) is 30.4 Å². The van der Waals surface area contributed by atoms with Crippen LogP contribution in [0.3, 0.4) is 0 Å². The molecule has 0 radical (unpaired) electrons. The Morgan fingerprint density at radius 1 is 1.23 bits per heavy atom. The molecule has 0 aromatic heterocycles. The van der Waals surface area contributed by atoms with Crippen LogP contribution in [-0.4, -0.2) is 66.5 Å². The van der Waals surface area contributed by atoms with E-state index in [9.17, 15) is 9.59 Å². The summed E-state index contributed by atoms with van der Waals surface area (Å²) in [7, 11) is 3.12. The second kappa shape index (κ2) is 9.03. The number of ether oxygens (including phenoxy) is 2. The molecule has 4 rings (SSSR count). The molecular weight excluding hydrogens is 398 g/mol. The van der Waals surface area contributed by atoms with E-state index < -0.39 is 6.17 Å². The molecule has 31 heavy (non-hydrogen) atoms. The minimum atomic E-state index is -0.514. The van der Waals surface area contributed by atoms with Gasteiger partial charge in [-0.1, -0.05) is 19.8 Å². The molecule has 9 nitrogen and oxygen atoms in total. The van der Waals surface area contributed by atoms with Crippen LogP contribution in [0.4, 0.5) is 5.69 Å². The first-order chi connectivity index (χ1) is 15.1. The first-order valence-electron chi connectivity index (χ1n) is 11.0. The number of carbonyl (C=O) groups excluding carboxylic acids is 2. The molecule has 0 bridgehead atoms. The smallest absolute Gasteiger partial charge is 0.268 e. The van der Waals surface area contributed by atoms with Crippen molar-refractivity contribution >= 4 is 23.3 Å². The number of rotatable bonds is 7. The number of piperazine rings is 1. The Hall–Kier alpha value is -2.97. The first kappa shape index (κ1) is 21.3. The van der Waals surface area contributed by atoms with E-state index in [4.69, 9.17) is 9.47 Å². The third-order valence-corrected chi connectivity index (χ3v) is 6.33. The fourth-order valence-corrected chi connectivity index (χ4v) is 4.92. The highest BCUT2D eigenvalue weighted by Gasteiger charge is 2.50. The zero-order chi connectivity index (χ0) is 22.0. The van der Waals surface area contributed by atoms with Gasteiger partial charge < -0.3 is 24.6 Å². The molecule has 3 unspecified atom stereocenters. The van der Waals surface area contributed by atoms with Crippen LogP contribution in [0, 0.1) is 0 Å². The Bertz CT molecular complexity index is 873. The summed E-state index contributed by atoms with van der Waals surface area (Å²) < 4.78 is 10.6. The lowest BCUT2D eigenvalue weighted by Gasteiger charge is -2.51. The number of carbonyl (C=O) groups is 2. The van der Waals surface area contributed by atoms with Gasteiger partial charge >= 0.3 is 0 Å². The number of methoxy groups -OCH3 is 2. The van der Waals surface area contributed by atoms with E-state index in [1.807, 2.05) is 0 Å². The first-order valence-corrected chi connectivity index (χ1v) is 11.0. The summed E-state index contributed by atoms with van der Waals surface area (Å²) in [4.78, 5) is 30.2. The lowest BCUT2D eigenvalue weighted by molar-refractivity contribution is -0.151. The molecular formula is C22H31N5O4. The fourth-order valence-electron chi connectivity index (χ4n) is 4.92. The molecule has 0 spiro atoms. The highest BCUT2D eigenvalue weighted by Crippen LogP contribution is 2.35. The minimum absolute atomic E-state index is 0.00447. The van der Waals surface area contributed by atoms with Crippen molar-refractivity contribution in [1.82, 2.24) is 15.2 Å². The molecule has 1 saturated carbocycles. The number of hydrogen-bond donors (Lipinski definition) is 2. The van der Waals surface area contributed by atoms with Crippen molar-refractivity contribution in [2.45, 2.75) is 63.7 Å². The van der Waals surface area contributed by atoms with Crippen molar-refractivity contribution in [3.05, 3.63) is 18.2 Å². The molecule has 1 aromatic carbocycles. The second-order valence-electron chi connectivity index (χ2n) is 8.22. The largest absolute Gasteiger partial charge is 0.497 e. The molecule has 1 aromatic rings. The van der Waals surface area contributed by atoms with Crippen molar-refractivity contribution in [1.29, 1.82) is 0 Å². The van der Waals surface area contributed by atoms with Gasteiger partial charge in [-0.3, -0.25) is 15.0 Å². The quantitative estimate of drug-likeness (QED) is 0.690. The SMILES string of the molecule is CCCC1=NNC2C(=O)N(CC(=O)Nc3cc(OC)ccc3OC)C3CCCCC3N12. The maximum absolute atomic E-state index is 13.3. The van der Waals surface area contributed by atoms with E-state index in [2.05, 4.69) is 27.7 Å². The second-order valence-corrected chi connectivity index (χ2v) is 8.22. The van der Waals surface area contributed by atoms with Gasteiger partial charge in [-0.25, -0.2) is 0 Å². The summed E-state index contributed by atoms with van der Waals surface area (Å²) in [6.07, 6.45) is 5.39. The average Bonchev–Trinajstić information content (AvgIpc) is 3.21. The molecule has 3 atom stereocenters. The van der Waals surface area contributed by atoms with Gasteiger partial charge in [0.1, 0.15) is 23.9 Å². The van der Waals surface area contributed by atoms with Crippen molar-refractivity contribution in [2.24, 2.45) is 5.10 Å². The Balaban J connectivity index is 1.52. The summed E-state index contributed by atoms with van der Waals surface area (Å²) in [5.74, 6) is 1.76. The van der Waals surface area contributed by atoms with Gasteiger partial charge in [-0.05, 0) is 31.4 Å². The molecule has 9 heteroatoms. The Labute approximate surface area is 182 Å². The molecule has 2 aliphatic heterocycles. The van der Waals surface area contributed by atoms with E-state index in [1.165, 1.54) is 0 Å².